The molecule has 2 N–H and O–H groups in total. The zero-order chi connectivity index (χ0) is 13.9. The minimum absolute atomic E-state index is 0.0577. The van der Waals surface area contributed by atoms with Crippen LogP contribution in [0, 0.1) is 6.92 Å². The molecule has 6 heteroatoms. The van der Waals surface area contributed by atoms with Gasteiger partial charge in [-0.2, -0.15) is 0 Å². The largest absolute Gasteiger partial charge is 0.468 e. The molecule has 2 aromatic rings. The zero-order valence-corrected chi connectivity index (χ0v) is 11.8. The molecule has 0 unspecified atom stereocenters. The molecule has 0 spiro atoms. The van der Waals surface area contributed by atoms with Crippen molar-refractivity contribution in [2.75, 3.05) is 0 Å². The highest BCUT2D eigenvalue weighted by molar-refractivity contribution is 5.13. The third kappa shape index (κ3) is 4.40. The van der Waals surface area contributed by atoms with Gasteiger partial charge in [0.2, 0.25) is 5.88 Å². The van der Waals surface area contributed by atoms with E-state index in [-0.39, 0.29) is 5.54 Å². The summed E-state index contributed by atoms with van der Waals surface area (Å²) in [7, 11) is 0. The molecule has 0 aromatic carbocycles. The van der Waals surface area contributed by atoms with E-state index in [4.69, 9.17) is 9.26 Å². The predicted molar refractivity (Wildman–Crippen MR) is 70.8 cm³/mol. The first kappa shape index (κ1) is 13.6. The van der Waals surface area contributed by atoms with Gasteiger partial charge in [-0.25, -0.2) is 0 Å². The van der Waals surface area contributed by atoms with Crippen LogP contribution < -0.4 is 10.1 Å². The Labute approximate surface area is 112 Å². The van der Waals surface area contributed by atoms with Gasteiger partial charge in [0.25, 0.3) is 0 Å². The average Bonchev–Trinajstić information content (AvgIpc) is 2.92. The maximum Gasteiger partial charge on any atom is 0.233 e. The number of hydrogen-bond donors (Lipinski definition) is 2. The number of rotatable bonds is 5. The van der Waals surface area contributed by atoms with Crippen LogP contribution in [0.25, 0.3) is 0 Å². The van der Waals surface area contributed by atoms with Gasteiger partial charge in [-0.1, -0.05) is 5.16 Å². The van der Waals surface area contributed by atoms with E-state index in [9.17, 15) is 0 Å². The molecule has 2 rings (SSSR count). The Morgan fingerprint density at radius 2 is 2.16 bits per heavy atom. The summed E-state index contributed by atoms with van der Waals surface area (Å²) in [5.74, 6) is 1.25. The Morgan fingerprint density at radius 1 is 1.37 bits per heavy atom. The standard InChI is InChI=1S/C13H20N4O2/c1-9-5-12(16-15-9)18-8-11-6-10(17-19-11)7-14-13(2,3)4/h5-6,14H,7-8H2,1-4H3,(H,15,16). The monoisotopic (exact) mass is 264 g/mol. The van der Waals surface area contributed by atoms with Crippen LogP contribution in [0.3, 0.4) is 0 Å². The Morgan fingerprint density at radius 3 is 2.79 bits per heavy atom. The molecule has 19 heavy (non-hydrogen) atoms. The van der Waals surface area contributed by atoms with Crippen molar-refractivity contribution in [3.8, 4) is 5.88 Å². The second-order valence-electron chi connectivity index (χ2n) is 5.57. The molecule has 0 atom stereocenters. The molecule has 0 aliphatic carbocycles. The first-order chi connectivity index (χ1) is 8.92. The maximum absolute atomic E-state index is 5.48. The lowest BCUT2D eigenvalue weighted by atomic mass is 10.1. The van der Waals surface area contributed by atoms with E-state index in [1.165, 1.54) is 0 Å². The summed E-state index contributed by atoms with van der Waals surface area (Å²) in [6, 6.07) is 3.72. The maximum atomic E-state index is 5.48. The highest BCUT2D eigenvalue weighted by Crippen LogP contribution is 2.11. The smallest absolute Gasteiger partial charge is 0.233 e. The molecule has 0 radical (unpaired) electrons. The van der Waals surface area contributed by atoms with Gasteiger partial charge in [0.15, 0.2) is 12.4 Å². The quantitative estimate of drug-likeness (QED) is 0.865. The SMILES string of the molecule is Cc1cc(OCc2cc(CNC(C)(C)C)no2)n[nH]1. The Bertz CT molecular complexity index is 525. The number of aromatic nitrogens is 3. The van der Waals surface area contributed by atoms with Gasteiger partial charge < -0.3 is 14.6 Å². The minimum atomic E-state index is 0.0577. The number of nitrogens with one attached hydrogen (secondary N) is 2. The molecular formula is C13H20N4O2. The number of hydrogen-bond acceptors (Lipinski definition) is 5. The lowest BCUT2D eigenvalue weighted by Gasteiger charge is -2.19. The van der Waals surface area contributed by atoms with Crippen LogP contribution in [-0.2, 0) is 13.2 Å². The van der Waals surface area contributed by atoms with E-state index in [0.29, 0.717) is 24.8 Å². The molecule has 0 saturated heterocycles. The summed E-state index contributed by atoms with van der Waals surface area (Å²) in [4.78, 5) is 0. The van der Waals surface area contributed by atoms with Crippen LogP contribution in [0.5, 0.6) is 5.88 Å². The summed E-state index contributed by atoms with van der Waals surface area (Å²) in [5, 5.41) is 14.1. The van der Waals surface area contributed by atoms with Crippen molar-refractivity contribution < 1.29 is 9.26 Å². The molecular weight excluding hydrogens is 244 g/mol. The van der Waals surface area contributed by atoms with Gasteiger partial charge in [-0.3, -0.25) is 5.10 Å². The molecule has 0 saturated carbocycles. The van der Waals surface area contributed by atoms with Crippen LogP contribution in [0.2, 0.25) is 0 Å². The fraction of sp³-hybridized carbons (Fsp3) is 0.538. The zero-order valence-electron chi connectivity index (χ0n) is 11.8. The van der Waals surface area contributed by atoms with Crippen molar-refractivity contribution in [1.29, 1.82) is 0 Å². The first-order valence-corrected chi connectivity index (χ1v) is 6.27. The fourth-order valence-electron chi connectivity index (χ4n) is 1.47. The van der Waals surface area contributed by atoms with Crippen molar-refractivity contribution in [3.63, 3.8) is 0 Å². The number of H-pyrrole nitrogens is 1. The lowest BCUT2D eigenvalue weighted by Crippen LogP contribution is -2.35. The number of ether oxygens (including phenoxy) is 1. The second kappa shape index (κ2) is 5.44. The van der Waals surface area contributed by atoms with Gasteiger partial charge in [0, 0.05) is 29.9 Å². The Kier molecular flexibility index (Phi) is 3.90. The van der Waals surface area contributed by atoms with Gasteiger partial charge in [-0.15, -0.1) is 5.10 Å². The summed E-state index contributed by atoms with van der Waals surface area (Å²) < 4.78 is 10.7. The molecule has 6 nitrogen and oxygen atoms in total. The Hall–Kier alpha value is -1.82. The summed E-state index contributed by atoms with van der Waals surface area (Å²) in [5.41, 5.74) is 1.89. The predicted octanol–water partition coefficient (Wildman–Crippen LogP) is 2.17. The molecule has 0 bridgehead atoms. The second-order valence-corrected chi connectivity index (χ2v) is 5.57. The van der Waals surface area contributed by atoms with Gasteiger partial charge in [0.1, 0.15) is 0 Å². The lowest BCUT2D eigenvalue weighted by molar-refractivity contribution is 0.240. The molecule has 0 aliphatic rings. The van der Waals surface area contributed by atoms with Crippen molar-refractivity contribution >= 4 is 0 Å². The Balaban J connectivity index is 1.84. The summed E-state index contributed by atoms with van der Waals surface area (Å²) in [6.45, 7) is 9.25. The van der Waals surface area contributed by atoms with Crippen molar-refractivity contribution in [3.05, 3.63) is 29.3 Å². The van der Waals surface area contributed by atoms with E-state index in [1.807, 2.05) is 19.1 Å². The molecule has 104 valence electrons. The van der Waals surface area contributed by atoms with Crippen molar-refractivity contribution in [2.24, 2.45) is 0 Å². The van der Waals surface area contributed by atoms with Crippen LogP contribution in [0.1, 0.15) is 37.9 Å². The van der Waals surface area contributed by atoms with Gasteiger partial charge in [0.05, 0.1) is 5.69 Å². The van der Waals surface area contributed by atoms with E-state index >= 15 is 0 Å². The average molecular weight is 264 g/mol. The first-order valence-electron chi connectivity index (χ1n) is 6.27. The third-order valence-corrected chi connectivity index (χ3v) is 2.45. The van der Waals surface area contributed by atoms with E-state index in [0.717, 1.165) is 11.4 Å². The van der Waals surface area contributed by atoms with Crippen LogP contribution in [0.4, 0.5) is 0 Å². The number of aryl methyl sites for hydroxylation is 1. The van der Waals surface area contributed by atoms with Gasteiger partial charge in [-0.05, 0) is 27.7 Å². The minimum Gasteiger partial charge on any atom is -0.468 e. The summed E-state index contributed by atoms with van der Waals surface area (Å²) >= 11 is 0. The van der Waals surface area contributed by atoms with Crippen molar-refractivity contribution in [2.45, 2.75) is 46.4 Å². The molecule has 0 aliphatic heterocycles. The molecule has 0 fully saturated rings. The topological polar surface area (TPSA) is 76.0 Å². The van der Waals surface area contributed by atoms with E-state index in [2.05, 4.69) is 41.4 Å². The number of aromatic amines is 1. The third-order valence-electron chi connectivity index (χ3n) is 2.45. The van der Waals surface area contributed by atoms with Crippen LogP contribution in [-0.4, -0.2) is 20.9 Å². The normalized spacial score (nSPS) is 11.8. The molecule has 0 amide bonds. The van der Waals surface area contributed by atoms with E-state index in [1.54, 1.807) is 0 Å². The highest BCUT2D eigenvalue weighted by atomic mass is 16.5. The van der Waals surface area contributed by atoms with Crippen LogP contribution in [0.15, 0.2) is 16.7 Å². The van der Waals surface area contributed by atoms with Crippen LogP contribution >= 0.6 is 0 Å². The van der Waals surface area contributed by atoms with Gasteiger partial charge >= 0.3 is 0 Å². The highest BCUT2D eigenvalue weighted by Gasteiger charge is 2.11. The van der Waals surface area contributed by atoms with E-state index < -0.39 is 0 Å². The molecule has 2 aromatic heterocycles. The van der Waals surface area contributed by atoms with Crippen molar-refractivity contribution in [1.82, 2.24) is 20.7 Å². The molecule has 2 heterocycles. The number of nitrogens with zero attached hydrogens (tertiary/aromatic N) is 2. The summed E-state index contributed by atoms with van der Waals surface area (Å²) in [6.07, 6.45) is 0. The fourth-order valence-corrected chi connectivity index (χ4v) is 1.47.